The molecule has 0 saturated heterocycles. The van der Waals surface area contributed by atoms with E-state index in [4.69, 9.17) is 4.74 Å². The number of pyridine rings is 1. The first kappa shape index (κ1) is 11.2. The van der Waals surface area contributed by atoms with Crippen molar-refractivity contribution in [2.75, 3.05) is 12.4 Å². The second-order valence-electron chi connectivity index (χ2n) is 5.35. The first-order valence-corrected chi connectivity index (χ1v) is 5.86. The van der Waals surface area contributed by atoms with Gasteiger partial charge in [-0.25, -0.2) is 4.98 Å². The lowest BCUT2D eigenvalue weighted by Gasteiger charge is -2.25. The number of nitrogens with one attached hydrogen (secondary N) is 1. The number of rotatable bonds is 3. The summed E-state index contributed by atoms with van der Waals surface area (Å²) in [4.78, 5) is 4.36. The second-order valence-corrected chi connectivity index (χ2v) is 5.35. The molecule has 3 heteroatoms. The van der Waals surface area contributed by atoms with Gasteiger partial charge in [-0.1, -0.05) is 20.8 Å². The van der Waals surface area contributed by atoms with Gasteiger partial charge < -0.3 is 10.1 Å². The molecule has 3 nitrogen and oxygen atoms in total. The molecule has 0 aromatic carbocycles. The van der Waals surface area contributed by atoms with Crippen molar-refractivity contribution in [3.63, 3.8) is 0 Å². The molecule has 1 aromatic heterocycles. The molecule has 16 heavy (non-hydrogen) atoms. The van der Waals surface area contributed by atoms with Crippen molar-refractivity contribution in [2.45, 2.75) is 45.1 Å². The normalized spacial score (nSPS) is 16.0. The second kappa shape index (κ2) is 3.96. The fourth-order valence-electron chi connectivity index (χ4n) is 1.82. The molecule has 2 rings (SSSR count). The molecule has 0 atom stereocenters. The summed E-state index contributed by atoms with van der Waals surface area (Å²) in [5.41, 5.74) is 1.21. The lowest BCUT2D eigenvalue weighted by atomic mass is 9.86. The topological polar surface area (TPSA) is 34.2 Å². The Morgan fingerprint density at radius 3 is 2.56 bits per heavy atom. The maximum atomic E-state index is 5.95. The van der Waals surface area contributed by atoms with Crippen LogP contribution in [0.5, 0.6) is 5.75 Å². The first-order chi connectivity index (χ1) is 7.52. The SMILES string of the molecule is CNc1nccc(OC2CC2)c1C(C)(C)C. The van der Waals surface area contributed by atoms with Gasteiger partial charge in [-0.05, 0) is 24.3 Å². The minimum absolute atomic E-state index is 0.0385. The van der Waals surface area contributed by atoms with Crippen LogP contribution in [0.1, 0.15) is 39.2 Å². The molecule has 88 valence electrons. The summed E-state index contributed by atoms with van der Waals surface area (Å²) in [5, 5.41) is 3.15. The predicted octanol–water partition coefficient (Wildman–Crippen LogP) is 2.96. The van der Waals surface area contributed by atoms with E-state index in [1.54, 1.807) is 6.20 Å². The summed E-state index contributed by atoms with van der Waals surface area (Å²) in [6.45, 7) is 6.56. The molecular weight excluding hydrogens is 200 g/mol. The van der Waals surface area contributed by atoms with Gasteiger partial charge in [0.25, 0.3) is 0 Å². The summed E-state index contributed by atoms with van der Waals surface area (Å²) < 4.78 is 5.95. The molecular formula is C13H20N2O. The molecule has 0 bridgehead atoms. The van der Waals surface area contributed by atoms with Crippen molar-refractivity contribution >= 4 is 5.82 Å². The van der Waals surface area contributed by atoms with E-state index >= 15 is 0 Å². The van der Waals surface area contributed by atoms with Gasteiger partial charge in [0.15, 0.2) is 0 Å². The first-order valence-electron chi connectivity index (χ1n) is 5.86. The number of hydrogen-bond donors (Lipinski definition) is 1. The average molecular weight is 220 g/mol. The van der Waals surface area contributed by atoms with Crippen LogP contribution in [-0.2, 0) is 5.41 Å². The molecule has 1 fully saturated rings. The Balaban J connectivity index is 2.41. The Bertz CT molecular complexity index is 378. The third kappa shape index (κ3) is 2.29. The van der Waals surface area contributed by atoms with Gasteiger partial charge in [0.2, 0.25) is 0 Å². The highest BCUT2D eigenvalue weighted by atomic mass is 16.5. The van der Waals surface area contributed by atoms with Crippen LogP contribution >= 0.6 is 0 Å². The van der Waals surface area contributed by atoms with Crippen LogP contribution in [-0.4, -0.2) is 18.1 Å². The molecule has 0 spiro atoms. The largest absolute Gasteiger partial charge is 0.490 e. The van der Waals surface area contributed by atoms with Crippen LogP contribution in [0.4, 0.5) is 5.82 Å². The minimum atomic E-state index is 0.0385. The molecule has 0 unspecified atom stereocenters. The van der Waals surface area contributed by atoms with Gasteiger partial charge in [-0.2, -0.15) is 0 Å². The maximum Gasteiger partial charge on any atom is 0.133 e. The Morgan fingerprint density at radius 2 is 2.06 bits per heavy atom. The predicted molar refractivity (Wildman–Crippen MR) is 66.1 cm³/mol. The number of aromatic nitrogens is 1. The highest BCUT2D eigenvalue weighted by molar-refractivity contribution is 5.55. The van der Waals surface area contributed by atoms with Crippen molar-refractivity contribution < 1.29 is 4.74 Å². The summed E-state index contributed by atoms with van der Waals surface area (Å²) in [6.07, 6.45) is 4.59. The molecule has 0 aliphatic heterocycles. The number of nitrogens with zero attached hydrogens (tertiary/aromatic N) is 1. The quantitative estimate of drug-likeness (QED) is 0.850. The molecule has 1 aliphatic rings. The Morgan fingerprint density at radius 1 is 1.38 bits per heavy atom. The number of anilines is 1. The highest BCUT2D eigenvalue weighted by Gasteiger charge is 2.29. The van der Waals surface area contributed by atoms with E-state index in [2.05, 4.69) is 31.1 Å². The highest BCUT2D eigenvalue weighted by Crippen LogP contribution is 2.38. The molecule has 1 aliphatic carbocycles. The van der Waals surface area contributed by atoms with Crippen LogP contribution in [0.3, 0.4) is 0 Å². The van der Waals surface area contributed by atoms with Crippen LogP contribution in [0.25, 0.3) is 0 Å². The third-order valence-corrected chi connectivity index (χ3v) is 2.72. The number of hydrogen-bond acceptors (Lipinski definition) is 3. The van der Waals surface area contributed by atoms with E-state index in [-0.39, 0.29) is 5.41 Å². The maximum absolute atomic E-state index is 5.95. The van der Waals surface area contributed by atoms with Crippen molar-refractivity contribution in [3.8, 4) is 5.75 Å². The van der Waals surface area contributed by atoms with Gasteiger partial charge in [0, 0.05) is 18.8 Å². The fourth-order valence-corrected chi connectivity index (χ4v) is 1.82. The van der Waals surface area contributed by atoms with Crippen LogP contribution in [0, 0.1) is 0 Å². The zero-order valence-corrected chi connectivity index (χ0v) is 10.5. The molecule has 0 radical (unpaired) electrons. The Hall–Kier alpha value is -1.25. The fraction of sp³-hybridized carbons (Fsp3) is 0.615. The number of ether oxygens (including phenoxy) is 1. The average Bonchev–Trinajstić information content (AvgIpc) is 2.99. The van der Waals surface area contributed by atoms with E-state index in [0.717, 1.165) is 11.6 Å². The Labute approximate surface area is 97.2 Å². The summed E-state index contributed by atoms with van der Waals surface area (Å²) in [7, 11) is 1.90. The van der Waals surface area contributed by atoms with Crippen molar-refractivity contribution in [1.29, 1.82) is 0 Å². The monoisotopic (exact) mass is 220 g/mol. The van der Waals surface area contributed by atoms with E-state index in [0.29, 0.717) is 6.10 Å². The molecule has 0 amide bonds. The third-order valence-electron chi connectivity index (χ3n) is 2.72. The Kier molecular flexibility index (Phi) is 2.78. The van der Waals surface area contributed by atoms with Crippen molar-refractivity contribution in [1.82, 2.24) is 4.98 Å². The van der Waals surface area contributed by atoms with Gasteiger partial charge in [0.1, 0.15) is 11.6 Å². The summed E-state index contributed by atoms with van der Waals surface area (Å²) in [5.74, 6) is 1.90. The van der Waals surface area contributed by atoms with Crippen molar-refractivity contribution in [3.05, 3.63) is 17.8 Å². The van der Waals surface area contributed by atoms with Gasteiger partial charge in [-0.15, -0.1) is 0 Å². The lowest BCUT2D eigenvalue weighted by molar-refractivity contribution is 0.294. The van der Waals surface area contributed by atoms with Gasteiger partial charge >= 0.3 is 0 Å². The van der Waals surface area contributed by atoms with E-state index in [9.17, 15) is 0 Å². The van der Waals surface area contributed by atoms with E-state index in [1.807, 2.05) is 13.1 Å². The van der Waals surface area contributed by atoms with Gasteiger partial charge in [-0.3, -0.25) is 0 Å². The summed E-state index contributed by atoms with van der Waals surface area (Å²) in [6, 6.07) is 1.97. The minimum Gasteiger partial charge on any atom is -0.490 e. The molecule has 1 N–H and O–H groups in total. The summed E-state index contributed by atoms with van der Waals surface area (Å²) >= 11 is 0. The zero-order valence-electron chi connectivity index (χ0n) is 10.5. The van der Waals surface area contributed by atoms with E-state index < -0.39 is 0 Å². The molecule has 1 aromatic rings. The van der Waals surface area contributed by atoms with E-state index in [1.165, 1.54) is 18.4 Å². The van der Waals surface area contributed by atoms with Crippen molar-refractivity contribution in [2.24, 2.45) is 0 Å². The lowest BCUT2D eigenvalue weighted by Crippen LogP contribution is -2.17. The van der Waals surface area contributed by atoms with Crippen LogP contribution in [0.15, 0.2) is 12.3 Å². The zero-order chi connectivity index (χ0) is 11.8. The van der Waals surface area contributed by atoms with Crippen LogP contribution < -0.4 is 10.1 Å². The molecule has 1 saturated carbocycles. The standard InChI is InChI=1S/C13H20N2O/c1-13(2,3)11-10(16-9-5-6-9)7-8-15-12(11)14-4/h7-9H,5-6H2,1-4H3,(H,14,15). The van der Waals surface area contributed by atoms with Crippen LogP contribution in [0.2, 0.25) is 0 Å². The smallest absolute Gasteiger partial charge is 0.133 e. The molecule has 1 heterocycles. The van der Waals surface area contributed by atoms with Gasteiger partial charge in [0.05, 0.1) is 6.10 Å².